The second-order valence-corrected chi connectivity index (χ2v) is 8.64. The molecule has 6 heteroatoms. The summed E-state index contributed by atoms with van der Waals surface area (Å²) in [5.74, 6) is 0.0647. The van der Waals surface area contributed by atoms with Gasteiger partial charge in [0.2, 0.25) is 11.8 Å². The monoisotopic (exact) mass is 436 g/mol. The van der Waals surface area contributed by atoms with Crippen LogP contribution in [-0.4, -0.2) is 60.9 Å². The molecule has 3 rings (SSSR count). The molecule has 1 fully saturated rings. The van der Waals surface area contributed by atoms with Gasteiger partial charge in [-0.25, -0.2) is 0 Å². The maximum Gasteiger partial charge on any atom is 0.246 e. The molecule has 2 amide bonds. The summed E-state index contributed by atoms with van der Waals surface area (Å²) >= 11 is 0. The molecule has 0 spiro atoms. The quantitative estimate of drug-likeness (QED) is 0.591. The molecule has 1 unspecified atom stereocenters. The first-order chi connectivity index (χ1) is 15.5. The molecule has 1 saturated heterocycles. The molecule has 0 bridgehead atoms. The van der Waals surface area contributed by atoms with Crippen LogP contribution in [0.3, 0.4) is 0 Å². The van der Waals surface area contributed by atoms with Crippen molar-refractivity contribution in [2.45, 2.75) is 39.7 Å². The van der Waals surface area contributed by atoms with Crippen LogP contribution in [0.2, 0.25) is 0 Å². The van der Waals surface area contributed by atoms with Gasteiger partial charge >= 0.3 is 0 Å². The van der Waals surface area contributed by atoms with Crippen LogP contribution >= 0.6 is 0 Å². The standard InChI is InChI=1S/C26H36N4O2/c1-4-5-13-27-24(31)19-29-14-16-30(17-15-29)25(22-9-7-6-8-10-22)26(32)28-23-18-20(2)11-12-21(23)3/h6-12,18,25H,4-5,13-17,19H2,1-3H3,(H,27,31)(H,28,32). The van der Waals surface area contributed by atoms with Gasteiger partial charge in [-0.15, -0.1) is 0 Å². The maximum absolute atomic E-state index is 13.5. The van der Waals surface area contributed by atoms with E-state index in [2.05, 4.69) is 33.4 Å². The Morgan fingerprint density at radius 1 is 1.00 bits per heavy atom. The molecule has 2 N–H and O–H groups in total. The first-order valence-corrected chi connectivity index (χ1v) is 11.6. The molecule has 0 aromatic heterocycles. The van der Waals surface area contributed by atoms with Crippen LogP contribution in [0.15, 0.2) is 48.5 Å². The van der Waals surface area contributed by atoms with Gasteiger partial charge in [-0.05, 0) is 43.0 Å². The number of hydrogen-bond donors (Lipinski definition) is 2. The van der Waals surface area contributed by atoms with Crippen LogP contribution in [0.4, 0.5) is 5.69 Å². The molecule has 0 saturated carbocycles. The highest BCUT2D eigenvalue weighted by Gasteiger charge is 2.31. The summed E-state index contributed by atoms with van der Waals surface area (Å²) in [4.78, 5) is 30.0. The molecule has 1 aliphatic heterocycles. The Labute approximate surface area is 192 Å². The fourth-order valence-electron chi connectivity index (χ4n) is 4.08. The maximum atomic E-state index is 13.5. The Morgan fingerprint density at radius 3 is 2.41 bits per heavy atom. The second kappa shape index (κ2) is 11.8. The van der Waals surface area contributed by atoms with Crippen LogP contribution in [0.1, 0.15) is 42.5 Å². The Bertz CT molecular complexity index is 892. The largest absolute Gasteiger partial charge is 0.355 e. The summed E-state index contributed by atoms with van der Waals surface area (Å²) in [7, 11) is 0. The van der Waals surface area contributed by atoms with Crippen molar-refractivity contribution < 1.29 is 9.59 Å². The van der Waals surface area contributed by atoms with E-state index in [4.69, 9.17) is 0 Å². The van der Waals surface area contributed by atoms with Gasteiger partial charge in [0.1, 0.15) is 6.04 Å². The Kier molecular flexibility index (Phi) is 8.82. The van der Waals surface area contributed by atoms with Gasteiger partial charge in [0.15, 0.2) is 0 Å². The first-order valence-electron chi connectivity index (χ1n) is 11.6. The number of hydrogen-bond acceptors (Lipinski definition) is 4. The molecule has 1 aliphatic rings. The zero-order valence-corrected chi connectivity index (χ0v) is 19.6. The number of unbranched alkanes of at least 4 members (excludes halogenated alkanes) is 1. The van der Waals surface area contributed by atoms with E-state index in [1.165, 1.54) is 0 Å². The highest BCUT2D eigenvalue weighted by Crippen LogP contribution is 2.25. The van der Waals surface area contributed by atoms with Crippen LogP contribution in [0.5, 0.6) is 0 Å². The average molecular weight is 437 g/mol. The van der Waals surface area contributed by atoms with E-state index < -0.39 is 0 Å². The third-order valence-electron chi connectivity index (χ3n) is 6.01. The minimum atomic E-state index is -0.364. The minimum Gasteiger partial charge on any atom is -0.355 e. The average Bonchev–Trinajstić information content (AvgIpc) is 2.78. The topological polar surface area (TPSA) is 64.7 Å². The predicted molar refractivity (Wildman–Crippen MR) is 130 cm³/mol. The van der Waals surface area contributed by atoms with Crippen LogP contribution in [-0.2, 0) is 9.59 Å². The molecular weight excluding hydrogens is 400 g/mol. The number of nitrogens with zero attached hydrogens (tertiary/aromatic N) is 2. The summed E-state index contributed by atoms with van der Waals surface area (Å²) in [6, 6.07) is 15.7. The number of aryl methyl sites for hydroxylation is 2. The van der Waals surface area contributed by atoms with Crippen molar-refractivity contribution in [2.24, 2.45) is 0 Å². The molecule has 0 radical (unpaired) electrons. The van der Waals surface area contributed by atoms with Crippen LogP contribution < -0.4 is 10.6 Å². The van der Waals surface area contributed by atoms with Crippen molar-refractivity contribution in [1.82, 2.24) is 15.1 Å². The number of benzene rings is 2. The Hall–Kier alpha value is -2.70. The number of nitrogens with one attached hydrogen (secondary N) is 2. The van der Waals surface area contributed by atoms with E-state index in [-0.39, 0.29) is 17.9 Å². The van der Waals surface area contributed by atoms with Crippen molar-refractivity contribution in [3.63, 3.8) is 0 Å². The van der Waals surface area contributed by atoms with E-state index in [0.29, 0.717) is 6.54 Å². The highest BCUT2D eigenvalue weighted by molar-refractivity contribution is 5.96. The lowest BCUT2D eigenvalue weighted by Crippen LogP contribution is -2.52. The van der Waals surface area contributed by atoms with Crippen LogP contribution in [0.25, 0.3) is 0 Å². The van der Waals surface area contributed by atoms with Gasteiger partial charge in [0, 0.05) is 38.4 Å². The van der Waals surface area contributed by atoms with E-state index in [0.717, 1.165) is 67.9 Å². The number of rotatable bonds is 9. The SMILES string of the molecule is CCCCNC(=O)CN1CCN(C(C(=O)Nc2cc(C)ccc2C)c2ccccc2)CC1. The molecule has 2 aromatic carbocycles. The van der Waals surface area contributed by atoms with Crippen molar-refractivity contribution in [2.75, 3.05) is 44.6 Å². The van der Waals surface area contributed by atoms with Gasteiger partial charge in [-0.2, -0.15) is 0 Å². The van der Waals surface area contributed by atoms with Crippen molar-refractivity contribution in [3.05, 3.63) is 65.2 Å². The number of amides is 2. The van der Waals surface area contributed by atoms with Gasteiger partial charge in [0.25, 0.3) is 0 Å². The fraction of sp³-hybridized carbons (Fsp3) is 0.462. The summed E-state index contributed by atoms with van der Waals surface area (Å²) in [6.07, 6.45) is 2.08. The first kappa shape index (κ1) is 24.0. The fourth-order valence-corrected chi connectivity index (χ4v) is 4.08. The van der Waals surface area contributed by atoms with Crippen molar-refractivity contribution >= 4 is 17.5 Å². The lowest BCUT2D eigenvalue weighted by molar-refractivity contribution is -0.125. The summed E-state index contributed by atoms with van der Waals surface area (Å²) in [5, 5.41) is 6.15. The molecule has 2 aromatic rings. The molecule has 32 heavy (non-hydrogen) atoms. The summed E-state index contributed by atoms with van der Waals surface area (Å²) in [6.45, 7) is 10.3. The number of anilines is 1. The molecule has 0 aliphatic carbocycles. The van der Waals surface area contributed by atoms with Gasteiger partial charge in [-0.1, -0.05) is 55.8 Å². The molecule has 1 atom stereocenters. The number of piperazine rings is 1. The second-order valence-electron chi connectivity index (χ2n) is 8.64. The minimum absolute atomic E-state index is 0.0179. The van der Waals surface area contributed by atoms with E-state index in [1.54, 1.807) is 0 Å². The zero-order valence-electron chi connectivity index (χ0n) is 19.6. The van der Waals surface area contributed by atoms with E-state index in [9.17, 15) is 9.59 Å². The predicted octanol–water partition coefficient (Wildman–Crippen LogP) is 3.52. The Morgan fingerprint density at radius 2 is 1.72 bits per heavy atom. The normalized spacial score (nSPS) is 15.8. The van der Waals surface area contributed by atoms with E-state index in [1.807, 2.05) is 56.3 Å². The zero-order chi connectivity index (χ0) is 22.9. The van der Waals surface area contributed by atoms with Crippen LogP contribution in [0, 0.1) is 13.8 Å². The number of carbonyl (C=O) groups is 2. The molecular formula is C26H36N4O2. The lowest BCUT2D eigenvalue weighted by atomic mass is 10.0. The molecule has 1 heterocycles. The van der Waals surface area contributed by atoms with Crippen molar-refractivity contribution in [3.8, 4) is 0 Å². The van der Waals surface area contributed by atoms with Gasteiger partial charge in [0.05, 0.1) is 6.54 Å². The van der Waals surface area contributed by atoms with Crippen molar-refractivity contribution in [1.29, 1.82) is 0 Å². The summed E-state index contributed by atoms with van der Waals surface area (Å²) < 4.78 is 0. The van der Waals surface area contributed by atoms with Gasteiger partial charge < -0.3 is 10.6 Å². The summed E-state index contributed by atoms with van der Waals surface area (Å²) in [5.41, 5.74) is 4.02. The third-order valence-corrected chi connectivity index (χ3v) is 6.01. The van der Waals surface area contributed by atoms with E-state index >= 15 is 0 Å². The number of carbonyl (C=O) groups excluding carboxylic acids is 2. The van der Waals surface area contributed by atoms with Gasteiger partial charge in [-0.3, -0.25) is 19.4 Å². The highest BCUT2D eigenvalue weighted by atomic mass is 16.2. The third kappa shape index (κ3) is 6.65. The smallest absolute Gasteiger partial charge is 0.246 e. The molecule has 172 valence electrons. The Balaban J connectivity index is 1.66. The lowest BCUT2D eigenvalue weighted by Gasteiger charge is -2.38. The molecule has 6 nitrogen and oxygen atoms in total.